The highest BCUT2D eigenvalue weighted by molar-refractivity contribution is 5.34. The molecule has 0 aromatic heterocycles. The van der Waals surface area contributed by atoms with Crippen LogP contribution in [0.1, 0.15) is 49.3 Å². The summed E-state index contributed by atoms with van der Waals surface area (Å²) in [6, 6.07) is 7.00. The van der Waals surface area contributed by atoms with Crippen molar-refractivity contribution in [1.29, 1.82) is 0 Å². The molecule has 1 aromatic carbocycles. The van der Waals surface area contributed by atoms with Gasteiger partial charge in [-0.3, -0.25) is 0 Å². The van der Waals surface area contributed by atoms with E-state index in [9.17, 15) is 0 Å². The predicted octanol–water partition coefficient (Wildman–Crippen LogP) is 3.78. The first kappa shape index (κ1) is 15.5. The maximum absolute atomic E-state index is 6.23. The zero-order valence-corrected chi connectivity index (χ0v) is 13.5. The molecule has 1 atom stereocenters. The van der Waals surface area contributed by atoms with Gasteiger partial charge in [0.1, 0.15) is 0 Å². The van der Waals surface area contributed by atoms with E-state index in [-0.39, 0.29) is 5.60 Å². The summed E-state index contributed by atoms with van der Waals surface area (Å²) in [6.07, 6.45) is 6.04. The van der Waals surface area contributed by atoms with Crippen LogP contribution < -0.4 is 5.32 Å². The summed E-state index contributed by atoms with van der Waals surface area (Å²) in [5.74, 6) is 0. The molecule has 1 saturated carbocycles. The van der Waals surface area contributed by atoms with Gasteiger partial charge in [0, 0.05) is 12.6 Å². The van der Waals surface area contributed by atoms with Gasteiger partial charge >= 0.3 is 0 Å². The average molecular weight is 275 g/mol. The Bertz CT molecular complexity index is 415. The number of nitrogens with one attached hydrogen (secondary N) is 1. The Hall–Kier alpha value is -0.860. The van der Waals surface area contributed by atoms with E-state index < -0.39 is 0 Å². The molecule has 1 aliphatic rings. The van der Waals surface area contributed by atoms with Crippen molar-refractivity contribution >= 4 is 0 Å². The van der Waals surface area contributed by atoms with E-state index in [1.807, 2.05) is 0 Å². The molecule has 0 heterocycles. The van der Waals surface area contributed by atoms with Gasteiger partial charge in [-0.2, -0.15) is 0 Å². The van der Waals surface area contributed by atoms with Crippen LogP contribution in [0.3, 0.4) is 0 Å². The van der Waals surface area contributed by atoms with Crippen LogP contribution in [0.5, 0.6) is 0 Å². The topological polar surface area (TPSA) is 21.3 Å². The minimum absolute atomic E-state index is 0.0399. The molecule has 1 fully saturated rings. The van der Waals surface area contributed by atoms with Crippen molar-refractivity contribution in [2.75, 3.05) is 13.7 Å². The molecule has 20 heavy (non-hydrogen) atoms. The monoisotopic (exact) mass is 275 g/mol. The van der Waals surface area contributed by atoms with E-state index in [4.69, 9.17) is 4.74 Å². The van der Waals surface area contributed by atoms with Crippen molar-refractivity contribution in [3.05, 3.63) is 34.9 Å². The van der Waals surface area contributed by atoms with Gasteiger partial charge < -0.3 is 10.1 Å². The number of benzene rings is 1. The van der Waals surface area contributed by atoms with Crippen molar-refractivity contribution in [2.45, 2.75) is 64.5 Å². The molecule has 112 valence electrons. The third-order valence-corrected chi connectivity index (χ3v) is 4.92. The van der Waals surface area contributed by atoms with E-state index in [0.29, 0.717) is 6.04 Å². The second-order valence-electron chi connectivity index (χ2n) is 6.12. The minimum atomic E-state index is 0.0399. The zero-order valence-electron chi connectivity index (χ0n) is 13.5. The van der Waals surface area contributed by atoms with Crippen molar-refractivity contribution in [2.24, 2.45) is 0 Å². The smallest absolute Gasteiger partial charge is 0.0837 e. The van der Waals surface area contributed by atoms with Crippen LogP contribution in [0.4, 0.5) is 0 Å². The Morgan fingerprint density at radius 3 is 2.30 bits per heavy atom. The summed E-state index contributed by atoms with van der Waals surface area (Å²) in [5, 5.41) is 3.55. The Kier molecular flexibility index (Phi) is 5.22. The third kappa shape index (κ3) is 3.07. The number of ether oxygens (including phenoxy) is 1. The summed E-state index contributed by atoms with van der Waals surface area (Å²) in [7, 11) is 2.08. The second-order valence-corrected chi connectivity index (χ2v) is 6.12. The van der Waals surface area contributed by atoms with Crippen LogP contribution in [0, 0.1) is 13.8 Å². The molecule has 2 rings (SSSR count). The van der Waals surface area contributed by atoms with Crippen molar-refractivity contribution in [1.82, 2.24) is 5.32 Å². The second kappa shape index (κ2) is 6.73. The number of aryl methyl sites for hydroxylation is 2. The molecular formula is C18H29NO. The summed E-state index contributed by atoms with van der Waals surface area (Å²) in [5.41, 5.74) is 4.32. The zero-order chi connectivity index (χ0) is 14.6. The van der Waals surface area contributed by atoms with Gasteiger partial charge in [0.15, 0.2) is 0 Å². The summed E-state index contributed by atoms with van der Waals surface area (Å²) in [4.78, 5) is 0. The number of rotatable bonds is 6. The lowest BCUT2D eigenvalue weighted by Gasteiger charge is -2.38. The molecule has 0 bridgehead atoms. The van der Waals surface area contributed by atoms with E-state index in [2.05, 4.69) is 51.3 Å². The predicted molar refractivity (Wildman–Crippen MR) is 85.3 cm³/mol. The van der Waals surface area contributed by atoms with Crippen LogP contribution in [0.25, 0.3) is 0 Å². The highest BCUT2D eigenvalue weighted by Gasteiger charge is 2.41. The summed E-state index contributed by atoms with van der Waals surface area (Å²) >= 11 is 0. The van der Waals surface area contributed by atoms with Gasteiger partial charge in [-0.05, 0) is 63.8 Å². The largest absolute Gasteiger partial charge is 0.374 e. The number of hydrogen-bond donors (Lipinski definition) is 1. The van der Waals surface area contributed by atoms with E-state index in [1.54, 1.807) is 0 Å². The first-order chi connectivity index (χ1) is 9.63. The Labute approximate surface area is 123 Å². The van der Waals surface area contributed by atoms with Gasteiger partial charge in [0.05, 0.1) is 5.60 Å². The lowest BCUT2D eigenvalue weighted by atomic mass is 9.85. The highest BCUT2D eigenvalue weighted by Crippen LogP contribution is 2.37. The fourth-order valence-corrected chi connectivity index (χ4v) is 3.78. The Balaban J connectivity index is 2.23. The van der Waals surface area contributed by atoms with Gasteiger partial charge in [-0.15, -0.1) is 0 Å². The van der Waals surface area contributed by atoms with E-state index in [0.717, 1.165) is 13.0 Å². The standard InChI is InChI=1S/C18H29NO/c1-5-20-18(11-6-7-12-18)17(19-4)13-16-14(2)9-8-10-15(16)3/h8-10,17,19H,5-7,11-13H2,1-4H3. The normalized spacial score (nSPS) is 19.2. The number of hydrogen-bond acceptors (Lipinski definition) is 2. The molecule has 1 N–H and O–H groups in total. The maximum Gasteiger partial charge on any atom is 0.0837 e. The van der Waals surface area contributed by atoms with Gasteiger partial charge in [0.2, 0.25) is 0 Å². The van der Waals surface area contributed by atoms with Gasteiger partial charge in [-0.25, -0.2) is 0 Å². The first-order valence-electron chi connectivity index (χ1n) is 7.99. The lowest BCUT2D eigenvalue weighted by Crippen LogP contribution is -2.51. The molecule has 2 heteroatoms. The van der Waals surface area contributed by atoms with E-state index >= 15 is 0 Å². The van der Waals surface area contributed by atoms with Crippen molar-refractivity contribution in [3.8, 4) is 0 Å². The third-order valence-electron chi connectivity index (χ3n) is 4.92. The first-order valence-corrected chi connectivity index (χ1v) is 7.99. The SMILES string of the molecule is CCOC1(C(Cc2c(C)cccc2C)NC)CCCC1. The minimum Gasteiger partial charge on any atom is -0.374 e. The molecular weight excluding hydrogens is 246 g/mol. The molecule has 1 unspecified atom stereocenters. The maximum atomic E-state index is 6.23. The van der Waals surface area contributed by atoms with Gasteiger partial charge in [0.25, 0.3) is 0 Å². The molecule has 0 amide bonds. The fraction of sp³-hybridized carbons (Fsp3) is 0.667. The molecule has 0 saturated heterocycles. The number of likely N-dealkylation sites (N-methyl/N-ethyl adjacent to an activating group) is 1. The van der Waals surface area contributed by atoms with Crippen LogP contribution in [0.15, 0.2) is 18.2 Å². The Morgan fingerprint density at radius 1 is 1.20 bits per heavy atom. The van der Waals surface area contributed by atoms with Crippen LogP contribution in [-0.4, -0.2) is 25.3 Å². The fourth-order valence-electron chi connectivity index (χ4n) is 3.78. The van der Waals surface area contributed by atoms with Crippen molar-refractivity contribution in [3.63, 3.8) is 0 Å². The van der Waals surface area contributed by atoms with Crippen LogP contribution in [0.2, 0.25) is 0 Å². The van der Waals surface area contributed by atoms with Crippen molar-refractivity contribution < 1.29 is 4.74 Å². The summed E-state index contributed by atoms with van der Waals surface area (Å²) < 4.78 is 6.23. The molecule has 1 aromatic rings. The summed E-state index contributed by atoms with van der Waals surface area (Å²) in [6.45, 7) is 7.37. The molecule has 0 radical (unpaired) electrons. The molecule has 0 spiro atoms. The van der Waals surface area contributed by atoms with Crippen LogP contribution in [-0.2, 0) is 11.2 Å². The Morgan fingerprint density at radius 2 is 1.80 bits per heavy atom. The highest BCUT2D eigenvalue weighted by atomic mass is 16.5. The molecule has 1 aliphatic carbocycles. The molecule has 0 aliphatic heterocycles. The van der Waals surface area contributed by atoms with Gasteiger partial charge in [-0.1, -0.05) is 31.0 Å². The lowest BCUT2D eigenvalue weighted by molar-refractivity contribution is -0.0597. The van der Waals surface area contributed by atoms with Crippen LogP contribution >= 0.6 is 0 Å². The molecule has 2 nitrogen and oxygen atoms in total. The van der Waals surface area contributed by atoms with E-state index in [1.165, 1.54) is 42.4 Å². The quantitative estimate of drug-likeness (QED) is 0.853. The average Bonchev–Trinajstić information content (AvgIpc) is 2.88.